The molecule has 1 N–H and O–H groups in total. The number of aliphatic hydroxyl groups excluding tert-OH is 1. The minimum absolute atomic E-state index is 0.197. The molecule has 0 aliphatic carbocycles. The van der Waals surface area contributed by atoms with Crippen molar-refractivity contribution in [3.8, 4) is 0 Å². The first-order chi connectivity index (χ1) is 13.3. The Morgan fingerprint density at radius 2 is 1.78 bits per heavy atom. The highest BCUT2D eigenvalue weighted by Crippen LogP contribution is 2.30. The van der Waals surface area contributed by atoms with Crippen LogP contribution in [-0.4, -0.2) is 102 Å². The molecule has 2 saturated heterocycles. The lowest BCUT2D eigenvalue weighted by Gasteiger charge is -2.35. The molecule has 0 aromatic carbocycles. The molecular formula is C17H25N7O2S. The fourth-order valence-electron chi connectivity index (χ4n) is 3.50. The van der Waals surface area contributed by atoms with Crippen molar-refractivity contribution in [1.82, 2.24) is 24.8 Å². The fraction of sp³-hybridized carbons (Fsp3) is 0.647. The number of thioether (sulfide) groups is 1. The molecule has 2 aliphatic rings. The number of β-amino-alcohol motifs (C(OH)–C–C–N with tert-alkyl or cyclic N) is 1. The molecule has 146 valence electrons. The molecule has 0 atom stereocenters. The summed E-state index contributed by atoms with van der Waals surface area (Å²) < 4.78 is 5.50. The van der Waals surface area contributed by atoms with E-state index in [1.807, 2.05) is 6.26 Å². The molecule has 0 bridgehead atoms. The van der Waals surface area contributed by atoms with Gasteiger partial charge in [-0.15, -0.1) is 11.8 Å². The highest BCUT2D eigenvalue weighted by molar-refractivity contribution is 7.98. The van der Waals surface area contributed by atoms with Crippen LogP contribution in [-0.2, 0) is 4.74 Å². The number of piperazine rings is 1. The van der Waals surface area contributed by atoms with Crippen LogP contribution in [0.15, 0.2) is 11.4 Å². The van der Waals surface area contributed by atoms with E-state index in [1.165, 1.54) is 0 Å². The Morgan fingerprint density at radius 1 is 1.00 bits per heavy atom. The van der Waals surface area contributed by atoms with Crippen molar-refractivity contribution < 1.29 is 9.84 Å². The number of anilines is 2. The Kier molecular flexibility index (Phi) is 5.86. The molecule has 2 aromatic rings. The molecule has 4 heterocycles. The molecule has 10 heteroatoms. The molecule has 0 unspecified atom stereocenters. The summed E-state index contributed by atoms with van der Waals surface area (Å²) in [5.74, 6) is 1.60. The van der Waals surface area contributed by atoms with Gasteiger partial charge in [0, 0.05) is 45.8 Å². The number of aliphatic hydroxyl groups is 1. The van der Waals surface area contributed by atoms with E-state index in [2.05, 4.69) is 24.7 Å². The van der Waals surface area contributed by atoms with Gasteiger partial charge in [0.25, 0.3) is 0 Å². The maximum Gasteiger partial charge on any atom is 0.228 e. The van der Waals surface area contributed by atoms with Crippen LogP contribution >= 0.6 is 11.8 Å². The maximum atomic E-state index is 9.15. The van der Waals surface area contributed by atoms with E-state index in [0.717, 1.165) is 73.6 Å². The van der Waals surface area contributed by atoms with Gasteiger partial charge in [0.2, 0.25) is 5.95 Å². The molecule has 27 heavy (non-hydrogen) atoms. The van der Waals surface area contributed by atoms with Gasteiger partial charge >= 0.3 is 0 Å². The number of hydrogen-bond donors (Lipinski definition) is 1. The smallest absolute Gasteiger partial charge is 0.228 e. The number of fused-ring (bicyclic) bond motifs is 1. The van der Waals surface area contributed by atoms with E-state index >= 15 is 0 Å². The van der Waals surface area contributed by atoms with Gasteiger partial charge in [-0.2, -0.15) is 4.98 Å². The molecule has 0 saturated carbocycles. The molecular weight excluding hydrogens is 366 g/mol. The van der Waals surface area contributed by atoms with Crippen LogP contribution in [0.25, 0.3) is 11.0 Å². The summed E-state index contributed by atoms with van der Waals surface area (Å²) in [5.41, 5.74) is 1.62. The van der Waals surface area contributed by atoms with Crippen LogP contribution in [0.3, 0.4) is 0 Å². The van der Waals surface area contributed by atoms with E-state index in [1.54, 1.807) is 18.1 Å². The van der Waals surface area contributed by atoms with Crippen molar-refractivity contribution in [2.45, 2.75) is 5.03 Å². The first-order valence-electron chi connectivity index (χ1n) is 9.27. The molecule has 2 aliphatic heterocycles. The minimum Gasteiger partial charge on any atom is -0.395 e. The molecule has 0 radical (unpaired) electrons. The standard InChI is InChI=1S/C17H25N7O2S/c1-27-16-14-13(18-12-19-16)15(23-7-10-26-11-8-23)21-17(20-14)24-4-2-22(3-5-24)6-9-25/h12,25H,2-11H2,1H3. The van der Waals surface area contributed by atoms with Gasteiger partial charge in [0.1, 0.15) is 22.4 Å². The zero-order valence-corrected chi connectivity index (χ0v) is 16.4. The lowest BCUT2D eigenvalue weighted by Crippen LogP contribution is -2.48. The average Bonchev–Trinajstić information content (AvgIpc) is 2.74. The van der Waals surface area contributed by atoms with E-state index in [9.17, 15) is 0 Å². The third-order valence-electron chi connectivity index (χ3n) is 4.99. The van der Waals surface area contributed by atoms with E-state index in [-0.39, 0.29) is 6.61 Å². The Balaban J connectivity index is 1.70. The van der Waals surface area contributed by atoms with Gasteiger partial charge < -0.3 is 19.6 Å². The highest BCUT2D eigenvalue weighted by Gasteiger charge is 2.24. The van der Waals surface area contributed by atoms with Gasteiger partial charge in [0.05, 0.1) is 19.8 Å². The highest BCUT2D eigenvalue weighted by atomic mass is 32.2. The molecule has 0 spiro atoms. The van der Waals surface area contributed by atoms with Crippen LogP contribution < -0.4 is 9.80 Å². The predicted molar refractivity (Wildman–Crippen MR) is 106 cm³/mol. The summed E-state index contributed by atoms with van der Waals surface area (Å²) in [5, 5.41) is 10.0. The quantitative estimate of drug-likeness (QED) is 0.559. The van der Waals surface area contributed by atoms with Crippen LogP contribution in [0.2, 0.25) is 0 Å². The van der Waals surface area contributed by atoms with Crippen LogP contribution in [0, 0.1) is 0 Å². The zero-order chi connectivity index (χ0) is 18.6. The van der Waals surface area contributed by atoms with Gasteiger partial charge in [-0.05, 0) is 6.26 Å². The largest absolute Gasteiger partial charge is 0.395 e. The summed E-state index contributed by atoms with van der Waals surface area (Å²) in [6.45, 7) is 7.39. The number of nitrogens with zero attached hydrogens (tertiary/aromatic N) is 7. The predicted octanol–water partition coefficient (Wildman–Crippen LogP) is 0.0926. The summed E-state index contributed by atoms with van der Waals surface area (Å²) in [6.07, 6.45) is 3.60. The van der Waals surface area contributed by atoms with Crippen molar-refractivity contribution in [3.05, 3.63) is 6.33 Å². The third kappa shape index (κ3) is 3.93. The fourth-order valence-corrected chi connectivity index (χ4v) is 3.99. The van der Waals surface area contributed by atoms with E-state index in [4.69, 9.17) is 19.8 Å². The third-order valence-corrected chi connectivity index (χ3v) is 5.68. The first-order valence-corrected chi connectivity index (χ1v) is 10.5. The second-order valence-corrected chi connectivity index (χ2v) is 7.37. The topological polar surface area (TPSA) is 90.7 Å². The Bertz CT molecular complexity index is 779. The normalized spacial score (nSPS) is 19.0. The van der Waals surface area contributed by atoms with Gasteiger partial charge in [-0.3, -0.25) is 4.90 Å². The van der Waals surface area contributed by atoms with E-state index < -0.39 is 0 Å². The van der Waals surface area contributed by atoms with E-state index in [0.29, 0.717) is 13.2 Å². The molecule has 2 fully saturated rings. The van der Waals surface area contributed by atoms with Crippen molar-refractivity contribution in [3.63, 3.8) is 0 Å². The van der Waals surface area contributed by atoms with Gasteiger partial charge in [-0.25, -0.2) is 15.0 Å². The van der Waals surface area contributed by atoms with Crippen LogP contribution in [0.5, 0.6) is 0 Å². The summed E-state index contributed by atoms with van der Waals surface area (Å²) in [4.78, 5) is 25.4. The first kappa shape index (κ1) is 18.6. The van der Waals surface area contributed by atoms with Gasteiger partial charge in [-0.1, -0.05) is 0 Å². The minimum atomic E-state index is 0.197. The Hall–Kier alpha value is -1.75. The molecule has 2 aromatic heterocycles. The Labute approximate surface area is 162 Å². The lowest BCUT2D eigenvalue weighted by atomic mass is 10.3. The van der Waals surface area contributed by atoms with Crippen molar-refractivity contribution in [2.24, 2.45) is 0 Å². The monoisotopic (exact) mass is 391 g/mol. The number of rotatable bonds is 5. The average molecular weight is 392 g/mol. The summed E-state index contributed by atoms with van der Waals surface area (Å²) in [6, 6.07) is 0. The Morgan fingerprint density at radius 3 is 2.48 bits per heavy atom. The molecule has 4 rings (SSSR count). The number of morpholine rings is 1. The van der Waals surface area contributed by atoms with Crippen molar-refractivity contribution in [1.29, 1.82) is 0 Å². The summed E-state index contributed by atoms with van der Waals surface area (Å²) >= 11 is 1.58. The number of aromatic nitrogens is 4. The van der Waals surface area contributed by atoms with Crippen molar-refractivity contribution >= 4 is 34.6 Å². The van der Waals surface area contributed by atoms with Gasteiger partial charge in [0.15, 0.2) is 5.82 Å². The maximum absolute atomic E-state index is 9.15. The van der Waals surface area contributed by atoms with Crippen molar-refractivity contribution in [2.75, 3.05) is 81.7 Å². The number of ether oxygens (including phenoxy) is 1. The molecule has 9 nitrogen and oxygen atoms in total. The van der Waals surface area contributed by atoms with Crippen LogP contribution in [0.1, 0.15) is 0 Å². The lowest BCUT2D eigenvalue weighted by molar-refractivity contribution is 0.122. The second kappa shape index (κ2) is 8.51. The number of hydrogen-bond acceptors (Lipinski definition) is 10. The summed E-state index contributed by atoms with van der Waals surface area (Å²) in [7, 11) is 0. The zero-order valence-electron chi connectivity index (χ0n) is 15.5. The second-order valence-electron chi connectivity index (χ2n) is 6.58. The van der Waals surface area contributed by atoms with Crippen LogP contribution in [0.4, 0.5) is 11.8 Å². The SMILES string of the molecule is CSc1ncnc2c(N3CCOCC3)nc(N3CCN(CCO)CC3)nc12. The molecule has 0 amide bonds.